The van der Waals surface area contributed by atoms with E-state index in [-0.39, 0.29) is 0 Å². The van der Waals surface area contributed by atoms with Crippen LogP contribution in [0.15, 0.2) is 197 Å². The van der Waals surface area contributed by atoms with E-state index in [9.17, 15) is 0 Å². The Labute approximate surface area is 311 Å². The molecular weight excluding hydrogens is 672 g/mol. The number of nitrogens with zero attached hydrogens (tertiary/aromatic N) is 2. The first-order valence-electron chi connectivity index (χ1n) is 17.6. The van der Waals surface area contributed by atoms with E-state index in [4.69, 9.17) is 20.4 Å². The third-order valence-corrected chi connectivity index (χ3v) is 10.1. The van der Waals surface area contributed by atoms with Crippen LogP contribution < -0.4 is 9.80 Å². The first-order chi connectivity index (χ1) is 26.2. The molecule has 0 radical (unpaired) electrons. The van der Waals surface area contributed by atoms with Crippen molar-refractivity contribution in [2.24, 2.45) is 0 Å². The largest absolute Gasteiger partial charge is 0.456 e. The second-order valence-corrected chi connectivity index (χ2v) is 13.6. The van der Waals surface area contributed by atoms with Crippen LogP contribution in [0.1, 0.15) is 0 Å². The van der Waals surface area contributed by atoms with Crippen LogP contribution in [-0.4, -0.2) is 0 Å². The Morgan fingerprint density at radius 3 is 1.58 bits per heavy atom. The van der Waals surface area contributed by atoms with Gasteiger partial charge in [-0.25, -0.2) is 0 Å². The summed E-state index contributed by atoms with van der Waals surface area (Å²) >= 11 is 7.07. The highest BCUT2D eigenvalue weighted by molar-refractivity contribution is 6.31. The monoisotopic (exact) mass is 702 g/mol. The maximum Gasteiger partial charge on any atom is 0.143 e. The van der Waals surface area contributed by atoms with Crippen LogP contribution in [0.4, 0.5) is 34.1 Å². The predicted octanol–water partition coefficient (Wildman–Crippen LogP) is 14.7. The van der Waals surface area contributed by atoms with E-state index >= 15 is 0 Å². The first kappa shape index (κ1) is 31.0. The van der Waals surface area contributed by atoms with Crippen molar-refractivity contribution in [3.63, 3.8) is 0 Å². The van der Waals surface area contributed by atoms with Gasteiger partial charge in [-0.15, -0.1) is 0 Å². The fraction of sp³-hybridized carbons (Fsp3) is 0. The summed E-state index contributed by atoms with van der Waals surface area (Å²) in [6, 6.07) is 64.8. The van der Waals surface area contributed by atoms with Crippen LogP contribution in [0.25, 0.3) is 55.0 Å². The van der Waals surface area contributed by atoms with E-state index in [2.05, 4.69) is 143 Å². The number of rotatable bonds is 7. The molecule has 0 aliphatic rings. The van der Waals surface area contributed by atoms with E-state index in [0.717, 1.165) is 89.1 Å². The fourth-order valence-electron chi connectivity index (χ4n) is 7.51. The van der Waals surface area contributed by atoms with E-state index in [1.165, 1.54) is 0 Å². The molecule has 2 heterocycles. The van der Waals surface area contributed by atoms with Gasteiger partial charge in [0.15, 0.2) is 0 Å². The predicted molar refractivity (Wildman–Crippen MR) is 221 cm³/mol. The number of furan rings is 2. The van der Waals surface area contributed by atoms with Gasteiger partial charge in [-0.3, -0.25) is 0 Å². The molecule has 0 aliphatic heterocycles. The third kappa shape index (κ3) is 5.48. The summed E-state index contributed by atoms with van der Waals surface area (Å²) in [5.41, 5.74) is 11.4. The van der Waals surface area contributed by atoms with Crippen molar-refractivity contribution in [3.05, 3.63) is 193 Å². The second-order valence-electron chi connectivity index (χ2n) is 13.1. The molecule has 0 bridgehead atoms. The Balaban J connectivity index is 1.19. The lowest BCUT2D eigenvalue weighted by molar-refractivity contribution is 0.669. The highest BCUT2D eigenvalue weighted by atomic mass is 35.5. The van der Waals surface area contributed by atoms with Crippen molar-refractivity contribution in [2.75, 3.05) is 9.80 Å². The van der Waals surface area contributed by atoms with Crippen LogP contribution in [0.5, 0.6) is 0 Å². The van der Waals surface area contributed by atoms with Gasteiger partial charge in [0.1, 0.15) is 22.3 Å². The van der Waals surface area contributed by atoms with E-state index in [1.54, 1.807) is 0 Å². The molecule has 252 valence electrons. The fourth-order valence-corrected chi connectivity index (χ4v) is 7.74. The Morgan fingerprint density at radius 1 is 0.340 bits per heavy atom. The molecule has 53 heavy (non-hydrogen) atoms. The molecule has 0 saturated carbocycles. The lowest BCUT2D eigenvalue weighted by atomic mass is 10.0. The molecule has 5 heteroatoms. The SMILES string of the molecule is Clc1cc(-c2cccc3c2oc2ccccc23)cc(N(c2cccc(N(c3ccccc3)c3ccccc3)c2)c2ccc3oc4ccccc4c3c2)c1. The van der Waals surface area contributed by atoms with Crippen molar-refractivity contribution < 1.29 is 8.83 Å². The number of benzene rings is 8. The van der Waals surface area contributed by atoms with Crippen molar-refractivity contribution >= 4 is 89.6 Å². The molecule has 0 fully saturated rings. The minimum atomic E-state index is 0.622. The van der Waals surface area contributed by atoms with Gasteiger partial charge in [0.2, 0.25) is 0 Å². The lowest BCUT2D eigenvalue weighted by Gasteiger charge is -2.29. The number of hydrogen-bond acceptors (Lipinski definition) is 4. The molecule has 2 aromatic heterocycles. The summed E-state index contributed by atoms with van der Waals surface area (Å²) in [5, 5.41) is 4.90. The van der Waals surface area contributed by atoms with E-state index in [0.29, 0.717) is 5.02 Å². The lowest BCUT2D eigenvalue weighted by Crippen LogP contribution is -2.13. The third-order valence-electron chi connectivity index (χ3n) is 9.85. The highest BCUT2D eigenvalue weighted by Crippen LogP contribution is 2.45. The van der Waals surface area contributed by atoms with Crippen molar-refractivity contribution in [3.8, 4) is 11.1 Å². The molecular formula is C48H31ClN2O2. The van der Waals surface area contributed by atoms with Gasteiger partial charge >= 0.3 is 0 Å². The Kier molecular flexibility index (Phi) is 7.48. The minimum absolute atomic E-state index is 0.622. The van der Waals surface area contributed by atoms with Crippen LogP contribution in [0.2, 0.25) is 5.02 Å². The number of para-hydroxylation sites is 5. The second kappa shape index (κ2) is 12.8. The number of halogens is 1. The van der Waals surface area contributed by atoms with Crippen LogP contribution in [0, 0.1) is 0 Å². The highest BCUT2D eigenvalue weighted by Gasteiger charge is 2.21. The van der Waals surface area contributed by atoms with Gasteiger partial charge < -0.3 is 18.6 Å². The molecule has 0 amide bonds. The van der Waals surface area contributed by atoms with E-state index < -0.39 is 0 Å². The maximum absolute atomic E-state index is 7.07. The summed E-state index contributed by atoms with van der Waals surface area (Å²) in [7, 11) is 0. The van der Waals surface area contributed by atoms with Gasteiger partial charge in [0.05, 0.1) is 0 Å². The summed E-state index contributed by atoms with van der Waals surface area (Å²) in [4.78, 5) is 4.55. The molecule has 10 aromatic rings. The molecule has 0 unspecified atom stereocenters. The zero-order valence-corrected chi connectivity index (χ0v) is 29.2. The molecule has 0 saturated heterocycles. The van der Waals surface area contributed by atoms with Crippen molar-refractivity contribution in [2.45, 2.75) is 0 Å². The number of anilines is 6. The Hall–Kier alpha value is -6.75. The average Bonchev–Trinajstić information content (AvgIpc) is 3.77. The zero-order chi connectivity index (χ0) is 35.3. The molecule has 0 aliphatic carbocycles. The van der Waals surface area contributed by atoms with Crippen molar-refractivity contribution in [1.82, 2.24) is 0 Å². The van der Waals surface area contributed by atoms with Gasteiger partial charge in [-0.05, 0) is 96.6 Å². The normalized spacial score (nSPS) is 11.5. The quantitative estimate of drug-likeness (QED) is 0.165. The molecule has 0 atom stereocenters. The Morgan fingerprint density at radius 2 is 0.868 bits per heavy atom. The zero-order valence-electron chi connectivity index (χ0n) is 28.5. The molecule has 8 aromatic carbocycles. The van der Waals surface area contributed by atoms with Gasteiger partial charge in [-0.2, -0.15) is 0 Å². The summed E-state index contributed by atoms with van der Waals surface area (Å²) in [5.74, 6) is 0. The van der Waals surface area contributed by atoms with Crippen LogP contribution in [0.3, 0.4) is 0 Å². The van der Waals surface area contributed by atoms with Crippen LogP contribution in [-0.2, 0) is 0 Å². The van der Waals surface area contributed by atoms with E-state index in [1.807, 2.05) is 54.6 Å². The van der Waals surface area contributed by atoms with Crippen molar-refractivity contribution in [1.29, 1.82) is 0 Å². The summed E-state index contributed by atoms with van der Waals surface area (Å²) in [6.07, 6.45) is 0. The molecule has 0 spiro atoms. The maximum atomic E-state index is 7.07. The van der Waals surface area contributed by atoms with Gasteiger partial charge in [0.25, 0.3) is 0 Å². The molecule has 4 nitrogen and oxygen atoms in total. The minimum Gasteiger partial charge on any atom is -0.456 e. The average molecular weight is 703 g/mol. The summed E-state index contributed by atoms with van der Waals surface area (Å²) in [6.45, 7) is 0. The number of hydrogen-bond donors (Lipinski definition) is 0. The standard InChI is InChI=1S/C48H31ClN2O2/c49-33-27-32(40-21-12-22-43-41-19-7-10-24-46(41)53-48(40)43)28-39(29-33)51(38-25-26-47-44(31-38)42-20-8-9-23-45(42)52-47)37-18-11-17-36(30-37)50(34-13-3-1-4-14-34)35-15-5-2-6-16-35/h1-31H. The van der Waals surface area contributed by atoms with Gasteiger partial charge in [-0.1, -0.05) is 109 Å². The van der Waals surface area contributed by atoms with Crippen LogP contribution >= 0.6 is 11.6 Å². The summed E-state index contributed by atoms with van der Waals surface area (Å²) < 4.78 is 12.7. The molecule has 10 rings (SSSR count). The first-order valence-corrected chi connectivity index (χ1v) is 18.0. The smallest absolute Gasteiger partial charge is 0.143 e. The Bertz CT molecular complexity index is 2890. The topological polar surface area (TPSA) is 32.8 Å². The number of fused-ring (bicyclic) bond motifs is 6. The van der Waals surface area contributed by atoms with Gasteiger partial charge in [0, 0.05) is 66.3 Å². The molecule has 0 N–H and O–H groups in total.